The van der Waals surface area contributed by atoms with Gasteiger partial charge in [-0.2, -0.15) is 0 Å². The van der Waals surface area contributed by atoms with Crippen molar-refractivity contribution < 1.29 is 8.42 Å². The zero-order chi connectivity index (χ0) is 14.5. The summed E-state index contributed by atoms with van der Waals surface area (Å²) >= 11 is 3.44. The Hall–Kier alpha value is -0.430. The molecule has 0 spiro atoms. The minimum Gasteiger partial charge on any atom is -0.316 e. The molecule has 4 nitrogen and oxygen atoms in total. The van der Waals surface area contributed by atoms with Crippen LogP contribution in [-0.2, 0) is 16.6 Å². The van der Waals surface area contributed by atoms with Crippen LogP contribution in [0.2, 0.25) is 0 Å². The van der Waals surface area contributed by atoms with Crippen molar-refractivity contribution in [3.63, 3.8) is 0 Å². The van der Waals surface area contributed by atoms with Crippen molar-refractivity contribution in [2.75, 3.05) is 20.1 Å². The number of hydrogen-bond acceptors (Lipinski definition) is 3. The molecular formula is C13H21BrN2O2S. The molecule has 0 fully saturated rings. The van der Waals surface area contributed by atoms with Crippen LogP contribution in [0, 0.1) is 0 Å². The van der Waals surface area contributed by atoms with Gasteiger partial charge in [0.15, 0.2) is 0 Å². The number of benzene rings is 1. The lowest BCUT2D eigenvalue weighted by Gasteiger charge is -2.22. The fourth-order valence-corrected chi connectivity index (χ4v) is 3.39. The molecule has 108 valence electrons. The van der Waals surface area contributed by atoms with Gasteiger partial charge in [0, 0.05) is 24.6 Å². The molecule has 0 aliphatic carbocycles. The maximum atomic E-state index is 12.3. The Balaban J connectivity index is 2.76. The highest BCUT2D eigenvalue weighted by Gasteiger charge is 2.25. The van der Waals surface area contributed by atoms with Crippen molar-refractivity contribution in [1.29, 1.82) is 0 Å². The van der Waals surface area contributed by atoms with E-state index in [-0.39, 0.29) is 0 Å². The first-order valence-corrected chi connectivity index (χ1v) is 8.58. The quantitative estimate of drug-likeness (QED) is 0.821. The van der Waals surface area contributed by atoms with Gasteiger partial charge >= 0.3 is 0 Å². The second-order valence-corrected chi connectivity index (χ2v) is 7.82. The standard InChI is InChI=1S/C13H21BrN2O2S/c1-4-15-9-11(2)19(17,18)16(3)10-12-7-5-6-8-13(12)14/h5-8,11,15H,4,9-10H2,1-3H3. The molecule has 0 aliphatic heterocycles. The summed E-state index contributed by atoms with van der Waals surface area (Å²) < 4.78 is 27.0. The Kier molecular flexibility index (Phi) is 6.46. The minimum absolute atomic E-state index is 0.375. The summed E-state index contributed by atoms with van der Waals surface area (Å²) in [5.74, 6) is 0. The highest BCUT2D eigenvalue weighted by Crippen LogP contribution is 2.19. The molecule has 1 atom stereocenters. The molecule has 0 aliphatic rings. The van der Waals surface area contributed by atoms with Crippen LogP contribution in [0.25, 0.3) is 0 Å². The van der Waals surface area contributed by atoms with E-state index in [9.17, 15) is 8.42 Å². The molecule has 0 saturated heterocycles. The summed E-state index contributed by atoms with van der Waals surface area (Å²) in [6.07, 6.45) is 0. The first-order chi connectivity index (χ1) is 8.89. The van der Waals surface area contributed by atoms with Crippen molar-refractivity contribution in [1.82, 2.24) is 9.62 Å². The smallest absolute Gasteiger partial charge is 0.218 e. The van der Waals surface area contributed by atoms with Gasteiger partial charge in [0.2, 0.25) is 10.0 Å². The molecule has 1 aromatic rings. The predicted octanol–water partition coefficient (Wildman–Crippen LogP) is 2.21. The first kappa shape index (κ1) is 16.6. The van der Waals surface area contributed by atoms with Gasteiger partial charge in [-0.25, -0.2) is 12.7 Å². The van der Waals surface area contributed by atoms with Crippen LogP contribution in [0.1, 0.15) is 19.4 Å². The summed E-state index contributed by atoms with van der Waals surface area (Å²) in [6.45, 7) is 5.31. The number of rotatable bonds is 7. The van der Waals surface area contributed by atoms with Gasteiger partial charge in [-0.3, -0.25) is 0 Å². The van der Waals surface area contributed by atoms with E-state index >= 15 is 0 Å². The van der Waals surface area contributed by atoms with Gasteiger partial charge in [0.25, 0.3) is 0 Å². The molecule has 1 N–H and O–H groups in total. The summed E-state index contributed by atoms with van der Waals surface area (Å²) in [6, 6.07) is 7.65. The highest BCUT2D eigenvalue weighted by atomic mass is 79.9. The normalized spacial score (nSPS) is 13.7. The van der Waals surface area contributed by atoms with Crippen LogP contribution in [0.5, 0.6) is 0 Å². The summed E-state index contributed by atoms with van der Waals surface area (Å²) in [7, 11) is -1.65. The van der Waals surface area contributed by atoms with E-state index in [1.807, 2.05) is 31.2 Å². The van der Waals surface area contributed by atoms with E-state index in [0.717, 1.165) is 16.6 Å². The second-order valence-electron chi connectivity index (χ2n) is 4.51. The average molecular weight is 349 g/mol. The van der Waals surface area contributed by atoms with Gasteiger partial charge in [0.05, 0.1) is 5.25 Å². The molecule has 0 aromatic heterocycles. The summed E-state index contributed by atoms with van der Waals surface area (Å²) in [5, 5.41) is 2.64. The Labute approximate surface area is 124 Å². The van der Waals surface area contributed by atoms with Crippen LogP contribution in [0.4, 0.5) is 0 Å². The van der Waals surface area contributed by atoms with Gasteiger partial charge in [-0.1, -0.05) is 41.1 Å². The third kappa shape index (κ3) is 4.56. The molecule has 0 heterocycles. The molecule has 19 heavy (non-hydrogen) atoms. The fraction of sp³-hybridized carbons (Fsp3) is 0.538. The Bertz CT molecular complexity index is 505. The largest absolute Gasteiger partial charge is 0.316 e. The van der Waals surface area contributed by atoms with Gasteiger partial charge in [-0.05, 0) is 25.1 Å². The van der Waals surface area contributed by atoms with Crippen LogP contribution >= 0.6 is 15.9 Å². The van der Waals surface area contributed by atoms with Crippen LogP contribution in [-0.4, -0.2) is 38.1 Å². The first-order valence-electron chi connectivity index (χ1n) is 6.28. The maximum Gasteiger partial charge on any atom is 0.218 e. The monoisotopic (exact) mass is 348 g/mol. The Morgan fingerprint density at radius 3 is 2.58 bits per heavy atom. The second kappa shape index (κ2) is 7.38. The lowest BCUT2D eigenvalue weighted by Crippen LogP contribution is -2.39. The average Bonchev–Trinajstić information content (AvgIpc) is 2.38. The van der Waals surface area contributed by atoms with E-state index in [1.165, 1.54) is 4.31 Å². The van der Waals surface area contributed by atoms with E-state index in [0.29, 0.717) is 13.1 Å². The zero-order valence-corrected chi connectivity index (χ0v) is 14.0. The van der Waals surface area contributed by atoms with E-state index in [4.69, 9.17) is 0 Å². The summed E-state index contributed by atoms with van der Waals surface area (Å²) in [5.41, 5.74) is 0.962. The topological polar surface area (TPSA) is 49.4 Å². The SMILES string of the molecule is CCNCC(C)S(=O)(=O)N(C)Cc1ccccc1Br. The van der Waals surface area contributed by atoms with Crippen molar-refractivity contribution in [2.24, 2.45) is 0 Å². The Morgan fingerprint density at radius 1 is 1.37 bits per heavy atom. The third-order valence-corrected chi connectivity index (χ3v) is 5.93. The summed E-state index contributed by atoms with van der Waals surface area (Å²) in [4.78, 5) is 0. The van der Waals surface area contributed by atoms with Crippen molar-refractivity contribution in [3.8, 4) is 0 Å². The lowest BCUT2D eigenvalue weighted by atomic mass is 10.2. The molecule has 0 radical (unpaired) electrons. The number of sulfonamides is 1. The van der Waals surface area contributed by atoms with Crippen LogP contribution < -0.4 is 5.32 Å². The predicted molar refractivity (Wildman–Crippen MR) is 82.5 cm³/mol. The number of nitrogens with one attached hydrogen (secondary N) is 1. The fourth-order valence-electron chi connectivity index (χ4n) is 1.72. The maximum absolute atomic E-state index is 12.3. The molecule has 1 aromatic carbocycles. The van der Waals surface area contributed by atoms with Gasteiger partial charge in [-0.15, -0.1) is 0 Å². The molecule has 1 rings (SSSR count). The molecule has 0 amide bonds. The van der Waals surface area contributed by atoms with E-state index < -0.39 is 15.3 Å². The number of halogens is 1. The minimum atomic E-state index is -3.28. The lowest BCUT2D eigenvalue weighted by molar-refractivity contribution is 0.453. The van der Waals surface area contributed by atoms with Crippen molar-refractivity contribution in [3.05, 3.63) is 34.3 Å². The molecule has 0 saturated carbocycles. The zero-order valence-electron chi connectivity index (χ0n) is 11.6. The molecular weight excluding hydrogens is 328 g/mol. The third-order valence-electron chi connectivity index (χ3n) is 2.98. The Morgan fingerprint density at radius 2 is 2.00 bits per heavy atom. The van der Waals surface area contributed by atoms with Crippen LogP contribution in [0.3, 0.4) is 0 Å². The molecule has 1 unspecified atom stereocenters. The van der Waals surface area contributed by atoms with Gasteiger partial charge < -0.3 is 5.32 Å². The van der Waals surface area contributed by atoms with E-state index in [2.05, 4.69) is 21.2 Å². The van der Waals surface area contributed by atoms with Crippen LogP contribution in [0.15, 0.2) is 28.7 Å². The van der Waals surface area contributed by atoms with E-state index in [1.54, 1.807) is 14.0 Å². The highest BCUT2D eigenvalue weighted by molar-refractivity contribution is 9.10. The number of nitrogens with zero attached hydrogens (tertiary/aromatic N) is 1. The van der Waals surface area contributed by atoms with Crippen molar-refractivity contribution in [2.45, 2.75) is 25.6 Å². The number of hydrogen-bond donors (Lipinski definition) is 1. The van der Waals surface area contributed by atoms with Gasteiger partial charge in [0.1, 0.15) is 0 Å². The molecule has 6 heteroatoms. The van der Waals surface area contributed by atoms with Crippen molar-refractivity contribution >= 4 is 26.0 Å². The molecule has 0 bridgehead atoms.